The van der Waals surface area contributed by atoms with Gasteiger partial charge in [0.1, 0.15) is 16.5 Å². The number of carbonyl (C=O) groups excluding carboxylic acids is 1. The lowest BCUT2D eigenvalue weighted by atomic mass is 10.2. The van der Waals surface area contributed by atoms with Crippen LogP contribution in [0.3, 0.4) is 0 Å². The Labute approximate surface area is 109 Å². The number of sulfone groups is 1. The van der Waals surface area contributed by atoms with Crippen molar-refractivity contribution in [2.45, 2.75) is 4.90 Å². The van der Waals surface area contributed by atoms with Crippen LogP contribution in [0.25, 0.3) is 0 Å². The molecule has 0 aromatic heterocycles. The fourth-order valence-electron chi connectivity index (χ4n) is 1.24. The summed E-state index contributed by atoms with van der Waals surface area (Å²) in [7, 11) is -1.49. The highest BCUT2D eigenvalue weighted by Crippen LogP contribution is 2.18. The van der Waals surface area contributed by atoms with Crippen molar-refractivity contribution in [3.8, 4) is 0 Å². The van der Waals surface area contributed by atoms with Gasteiger partial charge < -0.3 is 10.0 Å². The van der Waals surface area contributed by atoms with Crippen LogP contribution in [0.15, 0.2) is 23.1 Å². The summed E-state index contributed by atoms with van der Waals surface area (Å²) in [5, 5.41) is 8.74. The average molecular weight is 289 g/mol. The van der Waals surface area contributed by atoms with E-state index >= 15 is 0 Å². The highest BCUT2D eigenvalue weighted by Gasteiger charge is 2.25. The Balaban J connectivity index is 3.24. The van der Waals surface area contributed by atoms with Gasteiger partial charge in [-0.1, -0.05) is 0 Å². The number of nitrogens with zero attached hydrogens (tertiary/aromatic N) is 1. The molecule has 0 saturated carbocycles. The molecule has 0 unspecified atom stereocenters. The van der Waals surface area contributed by atoms with Crippen molar-refractivity contribution in [1.82, 2.24) is 4.90 Å². The molecule has 0 fully saturated rings. The molecule has 0 aliphatic heterocycles. The molecule has 104 valence electrons. The van der Waals surface area contributed by atoms with Gasteiger partial charge in [-0.2, -0.15) is 0 Å². The lowest BCUT2D eigenvalue weighted by Crippen LogP contribution is -2.29. The van der Waals surface area contributed by atoms with E-state index in [1.165, 1.54) is 14.1 Å². The number of halogens is 1. The molecule has 0 spiro atoms. The topological polar surface area (TPSA) is 91.8 Å². The van der Waals surface area contributed by atoms with Gasteiger partial charge >= 0.3 is 5.97 Å². The zero-order chi connectivity index (χ0) is 14.8. The second-order valence-corrected chi connectivity index (χ2v) is 5.96. The first-order valence-corrected chi connectivity index (χ1v) is 6.76. The number of hydrogen-bond donors (Lipinski definition) is 1. The first-order chi connectivity index (χ1) is 8.65. The minimum atomic E-state index is -4.22. The molecule has 0 radical (unpaired) electrons. The van der Waals surface area contributed by atoms with Gasteiger partial charge in [0.05, 0.1) is 5.56 Å². The predicted octanol–water partition coefficient (Wildman–Crippen LogP) is 0.386. The van der Waals surface area contributed by atoms with E-state index in [0.29, 0.717) is 6.07 Å². The maximum Gasteiger partial charge on any atom is 0.335 e. The molecular formula is C11H12FNO5S. The van der Waals surface area contributed by atoms with E-state index in [9.17, 15) is 22.4 Å². The molecule has 19 heavy (non-hydrogen) atoms. The zero-order valence-electron chi connectivity index (χ0n) is 10.3. The Morgan fingerprint density at radius 3 is 2.37 bits per heavy atom. The standard InChI is InChI=1S/C11H12FNO5S/c1-13(2)10(14)6-19(17,18)9-5-7(11(15)16)3-4-8(9)12/h3-5H,6H2,1-2H3,(H,15,16). The number of aromatic carboxylic acids is 1. The molecular weight excluding hydrogens is 277 g/mol. The highest BCUT2D eigenvalue weighted by atomic mass is 32.2. The van der Waals surface area contributed by atoms with E-state index in [-0.39, 0.29) is 5.56 Å². The molecule has 0 bridgehead atoms. The number of amides is 1. The Hall–Kier alpha value is -1.96. The van der Waals surface area contributed by atoms with Crippen molar-refractivity contribution < 1.29 is 27.5 Å². The number of hydrogen-bond acceptors (Lipinski definition) is 4. The van der Waals surface area contributed by atoms with Crippen LogP contribution in [0, 0.1) is 5.82 Å². The van der Waals surface area contributed by atoms with Crippen LogP contribution in [-0.4, -0.2) is 50.1 Å². The van der Waals surface area contributed by atoms with Crippen LogP contribution < -0.4 is 0 Å². The number of benzene rings is 1. The van der Waals surface area contributed by atoms with Gasteiger partial charge in [-0.05, 0) is 18.2 Å². The van der Waals surface area contributed by atoms with Crippen molar-refractivity contribution in [1.29, 1.82) is 0 Å². The summed E-state index contributed by atoms with van der Waals surface area (Å²) < 4.78 is 37.2. The molecule has 0 aliphatic rings. The maximum atomic E-state index is 13.5. The quantitative estimate of drug-likeness (QED) is 0.865. The largest absolute Gasteiger partial charge is 0.478 e. The second kappa shape index (κ2) is 5.35. The second-order valence-electron chi connectivity index (χ2n) is 4.00. The third-order valence-electron chi connectivity index (χ3n) is 2.33. The number of carboxylic acids is 1. The Kier molecular flexibility index (Phi) is 4.25. The summed E-state index contributed by atoms with van der Waals surface area (Å²) in [6.07, 6.45) is 0. The summed E-state index contributed by atoms with van der Waals surface area (Å²) >= 11 is 0. The summed E-state index contributed by atoms with van der Waals surface area (Å²) in [6, 6.07) is 2.40. The van der Waals surface area contributed by atoms with Crippen LogP contribution >= 0.6 is 0 Å². The third kappa shape index (κ3) is 3.50. The molecule has 8 heteroatoms. The predicted molar refractivity (Wildman–Crippen MR) is 64.1 cm³/mol. The van der Waals surface area contributed by atoms with Crippen LogP contribution in [0.4, 0.5) is 4.39 Å². The van der Waals surface area contributed by atoms with Crippen molar-refractivity contribution in [2.75, 3.05) is 19.8 Å². The average Bonchev–Trinajstić information content (AvgIpc) is 2.28. The minimum Gasteiger partial charge on any atom is -0.478 e. The molecule has 1 aromatic carbocycles. The van der Waals surface area contributed by atoms with Crippen molar-refractivity contribution in [2.24, 2.45) is 0 Å². The molecule has 0 atom stereocenters. The molecule has 1 N–H and O–H groups in total. The van der Waals surface area contributed by atoms with Gasteiger partial charge in [-0.25, -0.2) is 17.6 Å². The smallest absolute Gasteiger partial charge is 0.335 e. The molecule has 0 aliphatic carbocycles. The van der Waals surface area contributed by atoms with Crippen LogP contribution in [0.2, 0.25) is 0 Å². The fourth-order valence-corrected chi connectivity index (χ4v) is 2.65. The van der Waals surface area contributed by atoms with Crippen molar-refractivity contribution >= 4 is 21.7 Å². The van der Waals surface area contributed by atoms with Gasteiger partial charge in [0, 0.05) is 14.1 Å². The Morgan fingerprint density at radius 2 is 1.89 bits per heavy atom. The van der Waals surface area contributed by atoms with Crippen LogP contribution in [0.1, 0.15) is 10.4 Å². The number of carboxylic acid groups (broad SMARTS) is 1. The maximum absolute atomic E-state index is 13.5. The summed E-state index contributed by atoms with van der Waals surface area (Å²) in [4.78, 5) is 22.4. The normalized spacial score (nSPS) is 11.1. The molecule has 1 rings (SSSR count). The highest BCUT2D eigenvalue weighted by molar-refractivity contribution is 7.92. The van der Waals surface area contributed by atoms with E-state index < -0.39 is 38.2 Å². The van der Waals surface area contributed by atoms with E-state index in [2.05, 4.69) is 0 Å². The van der Waals surface area contributed by atoms with E-state index in [1.54, 1.807) is 0 Å². The van der Waals surface area contributed by atoms with E-state index in [0.717, 1.165) is 17.0 Å². The van der Waals surface area contributed by atoms with Crippen molar-refractivity contribution in [3.63, 3.8) is 0 Å². The lowest BCUT2D eigenvalue weighted by molar-refractivity contribution is -0.125. The molecule has 1 amide bonds. The third-order valence-corrected chi connectivity index (χ3v) is 3.94. The van der Waals surface area contributed by atoms with Crippen molar-refractivity contribution in [3.05, 3.63) is 29.6 Å². The van der Waals surface area contributed by atoms with Gasteiger partial charge in [-0.3, -0.25) is 4.79 Å². The summed E-state index contributed by atoms with van der Waals surface area (Å²) in [6.45, 7) is 0. The fraction of sp³-hybridized carbons (Fsp3) is 0.273. The van der Waals surface area contributed by atoms with E-state index in [1.807, 2.05) is 0 Å². The summed E-state index contributed by atoms with van der Waals surface area (Å²) in [5.41, 5.74) is -0.364. The van der Waals surface area contributed by atoms with Gasteiger partial charge in [0.2, 0.25) is 5.91 Å². The minimum absolute atomic E-state index is 0.364. The summed E-state index contributed by atoms with van der Waals surface area (Å²) in [5.74, 6) is -4.10. The van der Waals surface area contributed by atoms with Gasteiger partial charge in [0.15, 0.2) is 9.84 Å². The first-order valence-electron chi connectivity index (χ1n) is 5.11. The Morgan fingerprint density at radius 1 is 1.32 bits per heavy atom. The SMILES string of the molecule is CN(C)C(=O)CS(=O)(=O)c1cc(C(=O)O)ccc1F. The first kappa shape index (κ1) is 15.1. The lowest BCUT2D eigenvalue weighted by Gasteiger charge is -2.11. The van der Waals surface area contributed by atoms with Crippen LogP contribution in [-0.2, 0) is 14.6 Å². The van der Waals surface area contributed by atoms with Crippen LogP contribution in [0.5, 0.6) is 0 Å². The number of rotatable bonds is 4. The van der Waals surface area contributed by atoms with Gasteiger partial charge in [-0.15, -0.1) is 0 Å². The molecule has 0 saturated heterocycles. The monoisotopic (exact) mass is 289 g/mol. The number of carbonyl (C=O) groups is 2. The molecule has 0 heterocycles. The Bertz CT molecular complexity index is 624. The zero-order valence-corrected chi connectivity index (χ0v) is 11.1. The molecule has 6 nitrogen and oxygen atoms in total. The van der Waals surface area contributed by atoms with Gasteiger partial charge in [0.25, 0.3) is 0 Å². The van der Waals surface area contributed by atoms with E-state index in [4.69, 9.17) is 5.11 Å². The molecule has 1 aromatic rings.